The Labute approximate surface area is 128 Å². The lowest BCUT2D eigenvalue weighted by molar-refractivity contribution is 0.568. The summed E-state index contributed by atoms with van der Waals surface area (Å²) in [5.74, 6) is -1.25. The highest BCUT2D eigenvalue weighted by Crippen LogP contribution is 2.34. The zero-order valence-electron chi connectivity index (χ0n) is 9.85. The first-order chi connectivity index (χ1) is 8.90. The molecule has 0 aromatic heterocycles. The van der Waals surface area contributed by atoms with Gasteiger partial charge in [0.25, 0.3) is 0 Å². The molecule has 1 atom stereocenters. The third-order valence-electron chi connectivity index (χ3n) is 2.79. The topological polar surface area (TPSA) is 0 Å². The van der Waals surface area contributed by atoms with Gasteiger partial charge in [0, 0.05) is 16.1 Å². The number of halogens is 5. The second-order valence-electron chi connectivity index (χ2n) is 4.16. The summed E-state index contributed by atoms with van der Waals surface area (Å²) in [4.78, 5) is 0. The summed E-state index contributed by atoms with van der Waals surface area (Å²) < 4.78 is 27.7. The van der Waals surface area contributed by atoms with Gasteiger partial charge in [0.05, 0.1) is 10.4 Å². The lowest BCUT2D eigenvalue weighted by atomic mass is 10.0. The number of aryl methyl sites for hydroxylation is 1. The van der Waals surface area contributed by atoms with Crippen LogP contribution in [-0.4, -0.2) is 0 Å². The Hall–Kier alpha value is -0.640. The molecule has 0 N–H and O–H groups in total. The van der Waals surface area contributed by atoms with Gasteiger partial charge < -0.3 is 0 Å². The minimum Gasteiger partial charge on any atom is -0.207 e. The molecule has 0 aliphatic heterocycles. The zero-order chi connectivity index (χ0) is 14.2. The van der Waals surface area contributed by atoms with Crippen LogP contribution in [0.5, 0.6) is 0 Å². The molecule has 2 aromatic rings. The van der Waals surface area contributed by atoms with E-state index in [0.717, 1.165) is 10.5 Å². The fraction of sp³-hybridized carbons (Fsp3) is 0.143. The molecule has 0 aliphatic carbocycles. The van der Waals surface area contributed by atoms with E-state index < -0.39 is 17.0 Å². The van der Waals surface area contributed by atoms with Crippen molar-refractivity contribution in [1.82, 2.24) is 0 Å². The minimum absolute atomic E-state index is 0.235. The van der Waals surface area contributed by atoms with E-state index >= 15 is 0 Å². The molecular formula is C14H9BrCl2F2. The zero-order valence-corrected chi connectivity index (χ0v) is 13.0. The van der Waals surface area contributed by atoms with E-state index in [9.17, 15) is 8.78 Å². The predicted molar refractivity (Wildman–Crippen MR) is 77.9 cm³/mol. The lowest BCUT2D eigenvalue weighted by Gasteiger charge is -2.13. The first kappa shape index (κ1) is 14.8. The van der Waals surface area contributed by atoms with Crippen molar-refractivity contribution in [3.05, 3.63) is 68.2 Å². The maximum atomic E-state index is 13.8. The number of alkyl halides is 1. The monoisotopic (exact) mass is 364 g/mol. The van der Waals surface area contributed by atoms with Crippen molar-refractivity contribution in [3.63, 3.8) is 0 Å². The molecule has 0 saturated heterocycles. The molecule has 0 radical (unpaired) electrons. The number of hydrogen-bond acceptors (Lipinski definition) is 0. The number of hydrogen-bond donors (Lipinski definition) is 0. The van der Waals surface area contributed by atoms with E-state index in [2.05, 4.69) is 15.9 Å². The lowest BCUT2D eigenvalue weighted by Crippen LogP contribution is -2.00. The van der Waals surface area contributed by atoms with Crippen molar-refractivity contribution in [2.45, 2.75) is 12.3 Å². The van der Waals surface area contributed by atoms with Crippen LogP contribution in [0.15, 0.2) is 34.8 Å². The SMILES string of the molecule is Cc1cc(C(Cl)c2ccc(Br)c(Cl)c2)c(F)cc1F. The average Bonchev–Trinajstić information content (AvgIpc) is 2.36. The number of rotatable bonds is 2. The molecule has 19 heavy (non-hydrogen) atoms. The number of benzene rings is 2. The van der Waals surface area contributed by atoms with Crippen molar-refractivity contribution >= 4 is 39.1 Å². The van der Waals surface area contributed by atoms with Gasteiger partial charge in [-0.05, 0) is 52.2 Å². The molecule has 2 aromatic carbocycles. The largest absolute Gasteiger partial charge is 0.207 e. The molecule has 0 amide bonds. The molecule has 0 fully saturated rings. The van der Waals surface area contributed by atoms with Gasteiger partial charge in [-0.15, -0.1) is 11.6 Å². The van der Waals surface area contributed by atoms with Crippen LogP contribution in [0.3, 0.4) is 0 Å². The first-order valence-electron chi connectivity index (χ1n) is 5.44. The van der Waals surface area contributed by atoms with Gasteiger partial charge >= 0.3 is 0 Å². The molecule has 2 rings (SSSR count). The van der Waals surface area contributed by atoms with E-state index in [1.54, 1.807) is 25.1 Å². The fourth-order valence-electron chi connectivity index (χ4n) is 1.72. The van der Waals surface area contributed by atoms with Gasteiger partial charge in [0.2, 0.25) is 0 Å². The van der Waals surface area contributed by atoms with Gasteiger partial charge in [-0.1, -0.05) is 17.7 Å². The van der Waals surface area contributed by atoms with E-state index in [4.69, 9.17) is 23.2 Å². The van der Waals surface area contributed by atoms with Crippen LogP contribution >= 0.6 is 39.1 Å². The van der Waals surface area contributed by atoms with Crippen LogP contribution in [0.2, 0.25) is 5.02 Å². The van der Waals surface area contributed by atoms with Crippen molar-refractivity contribution in [3.8, 4) is 0 Å². The highest BCUT2D eigenvalue weighted by Gasteiger charge is 2.18. The third-order valence-corrected chi connectivity index (χ3v) is 4.51. The van der Waals surface area contributed by atoms with E-state index in [-0.39, 0.29) is 5.56 Å². The Morgan fingerprint density at radius 2 is 1.79 bits per heavy atom. The molecule has 5 heteroatoms. The molecule has 0 nitrogen and oxygen atoms in total. The van der Waals surface area contributed by atoms with Crippen molar-refractivity contribution in [2.75, 3.05) is 0 Å². The van der Waals surface area contributed by atoms with Gasteiger partial charge in [-0.25, -0.2) is 8.78 Å². The molecule has 1 unspecified atom stereocenters. The van der Waals surface area contributed by atoms with Crippen molar-refractivity contribution in [2.24, 2.45) is 0 Å². The van der Waals surface area contributed by atoms with E-state index in [0.29, 0.717) is 16.1 Å². The smallest absolute Gasteiger partial charge is 0.131 e. The summed E-state index contributed by atoms with van der Waals surface area (Å²) in [5, 5.41) is -0.229. The second-order valence-corrected chi connectivity index (χ2v) is 5.86. The van der Waals surface area contributed by atoms with Gasteiger partial charge in [-0.2, -0.15) is 0 Å². The Morgan fingerprint density at radius 3 is 2.42 bits per heavy atom. The maximum Gasteiger partial charge on any atom is 0.131 e. The summed E-state index contributed by atoms with van der Waals surface area (Å²) >= 11 is 15.5. The second kappa shape index (κ2) is 5.78. The summed E-state index contributed by atoms with van der Waals surface area (Å²) in [7, 11) is 0. The molecule has 0 bridgehead atoms. The van der Waals surface area contributed by atoms with Crippen LogP contribution in [0, 0.1) is 18.6 Å². The molecule has 0 heterocycles. The van der Waals surface area contributed by atoms with E-state index in [1.807, 2.05) is 0 Å². The summed E-state index contributed by atoms with van der Waals surface area (Å²) in [6.07, 6.45) is 0. The molecule has 100 valence electrons. The Morgan fingerprint density at radius 1 is 1.11 bits per heavy atom. The minimum atomic E-state index is -0.718. The molecule has 0 saturated carbocycles. The average molecular weight is 366 g/mol. The van der Waals surface area contributed by atoms with Gasteiger partial charge in [0.1, 0.15) is 11.6 Å². The van der Waals surface area contributed by atoms with Crippen molar-refractivity contribution in [1.29, 1.82) is 0 Å². The normalized spacial score (nSPS) is 12.5. The Balaban J connectivity index is 2.46. The van der Waals surface area contributed by atoms with Crippen LogP contribution in [0.4, 0.5) is 8.78 Å². The molecular weight excluding hydrogens is 357 g/mol. The third kappa shape index (κ3) is 3.10. The van der Waals surface area contributed by atoms with Crippen LogP contribution in [0.1, 0.15) is 22.1 Å². The Bertz CT molecular complexity index is 629. The van der Waals surface area contributed by atoms with Crippen LogP contribution in [-0.2, 0) is 0 Å². The first-order valence-corrected chi connectivity index (χ1v) is 7.05. The molecule has 0 aliphatic rings. The van der Waals surface area contributed by atoms with Gasteiger partial charge in [-0.3, -0.25) is 0 Å². The van der Waals surface area contributed by atoms with Gasteiger partial charge in [0.15, 0.2) is 0 Å². The summed E-state index contributed by atoms with van der Waals surface area (Å²) in [5.41, 5.74) is 1.24. The quantitative estimate of drug-likeness (QED) is 0.571. The highest BCUT2D eigenvalue weighted by molar-refractivity contribution is 9.10. The predicted octanol–water partition coefficient (Wildman–Crippen LogP) is 6.02. The van der Waals surface area contributed by atoms with E-state index in [1.165, 1.54) is 6.07 Å². The van der Waals surface area contributed by atoms with Crippen molar-refractivity contribution < 1.29 is 8.78 Å². The summed E-state index contributed by atoms with van der Waals surface area (Å²) in [6, 6.07) is 7.40. The van der Waals surface area contributed by atoms with Crippen LogP contribution in [0.25, 0.3) is 0 Å². The Kier molecular flexibility index (Phi) is 4.49. The standard InChI is InChI=1S/C14H9BrCl2F2/c1-7-4-9(13(19)6-12(7)18)14(17)8-2-3-10(15)11(16)5-8/h2-6,14H,1H3. The summed E-state index contributed by atoms with van der Waals surface area (Å²) in [6.45, 7) is 1.57. The fourth-order valence-corrected chi connectivity index (χ4v) is 2.46. The molecule has 0 spiro atoms. The maximum absolute atomic E-state index is 13.8. The highest BCUT2D eigenvalue weighted by atomic mass is 79.9. The van der Waals surface area contributed by atoms with Crippen LogP contribution < -0.4 is 0 Å².